The molecular weight excluding hydrogens is 456 g/mol. The fourth-order valence-electron chi connectivity index (χ4n) is 5.01. The first kappa shape index (κ1) is 23.9. The van der Waals surface area contributed by atoms with Gasteiger partial charge in [-0.15, -0.1) is 0 Å². The molecule has 2 saturated heterocycles. The van der Waals surface area contributed by atoms with Crippen LogP contribution in [0.15, 0.2) is 49.2 Å². The fraction of sp³-hybridized carbons (Fsp3) is 0.385. The summed E-state index contributed by atoms with van der Waals surface area (Å²) >= 11 is 0. The van der Waals surface area contributed by atoms with Gasteiger partial charge in [-0.25, -0.2) is 9.50 Å². The van der Waals surface area contributed by atoms with E-state index in [4.69, 9.17) is 14.8 Å². The van der Waals surface area contributed by atoms with Crippen LogP contribution in [0.4, 0.5) is 5.82 Å². The van der Waals surface area contributed by atoms with Crippen molar-refractivity contribution in [3.63, 3.8) is 0 Å². The molecule has 10 heteroatoms. The van der Waals surface area contributed by atoms with Gasteiger partial charge in [-0.3, -0.25) is 9.58 Å². The van der Waals surface area contributed by atoms with Gasteiger partial charge in [0, 0.05) is 93.8 Å². The summed E-state index contributed by atoms with van der Waals surface area (Å²) < 4.78 is 9.11. The minimum atomic E-state index is 0.545. The zero-order valence-electron chi connectivity index (χ0n) is 20.6. The average molecular weight is 487 g/mol. The summed E-state index contributed by atoms with van der Waals surface area (Å²) in [7, 11) is 2.90. The maximum absolute atomic E-state index is 9.65. The summed E-state index contributed by atoms with van der Waals surface area (Å²) in [6.45, 7) is 5.74. The molecule has 0 radical (unpaired) electrons. The number of nitrogens with zero attached hydrogens (tertiary/aromatic N) is 8. The van der Waals surface area contributed by atoms with Gasteiger partial charge < -0.3 is 14.7 Å². The highest BCUT2D eigenvalue weighted by Gasteiger charge is 2.27. The molecule has 4 aromatic heterocycles. The Bertz CT molecular complexity index is 1360. The zero-order chi connectivity index (χ0) is 25.1. The van der Waals surface area contributed by atoms with Crippen molar-refractivity contribution in [1.82, 2.24) is 29.3 Å². The SMILES string of the molecule is CO.Cn1cc(-c2cc(-c3ccc(N4CCN(C5CCOC5)CC4)nc3)c3c(C#N)cnn3c2)cn1. The first-order valence-corrected chi connectivity index (χ1v) is 12.1. The number of aliphatic hydroxyl groups is 1. The van der Waals surface area contributed by atoms with Crippen LogP contribution in [-0.2, 0) is 11.8 Å². The van der Waals surface area contributed by atoms with Crippen LogP contribution in [0.5, 0.6) is 0 Å². The maximum Gasteiger partial charge on any atom is 0.128 e. The highest BCUT2D eigenvalue weighted by Crippen LogP contribution is 2.32. The Kier molecular flexibility index (Phi) is 6.95. The van der Waals surface area contributed by atoms with Crippen LogP contribution in [0.25, 0.3) is 27.8 Å². The molecule has 6 heterocycles. The van der Waals surface area contributed by atoms with E-state index in [-0.39, 0.29) is 0 Å². The molecule has 0 bridgehead atoms. The summed E-state index contributed by atoms with van der Waals surface area (Å²) in [5, 5.41) is 25.4. The Labute approximate surface area is 210 Å². The molecule has 1 N–H and O–H groups in total. The molecule has 1 atom stereocenters. The summed E-state index contributed by atoms with van der Waals surface area (Å²) in [5.74, 6) is 0.986. The van der Waals surface area contributed by atoms with Gasteiger partial charge in [0.2, 0.25) is 0 Å². The van der Waals surface area contributed by atoms with Crippen molar-refractivity contribution in [3.05, 3.63) is 54.7 Å². The van der Waals surface area contributed by atoms with Crippen LogP contribution in [0.1, 0.15) is 12.0 Å². The van der Waals surface area contributed by atoms with Crippen LogP contribution in [0.2, 0.25) is 0 Å². The second-order valence-corrected chi connectivity index (χ2v) is 8.95. The molecular formula is C26H30N8O2. The summed E-state index contributed by atoms with van der Waals surface area (Å²) in [4.78, 5) is 9.70. The first-order chi connectivity index (χ1) is 17.7. The van der Waals surface area contributed by atoms with Crippen LogP contribution < -0.4 is 4.90 Å². The smallest absolute Gasteiger partial charge is 0.128 e. The number of aliphatic hydroxyl groups excluding tert-OH is 1. The van der Waals surface area contributed by atoms with E-state index >= 15 is 0 Å². The third-order valence-electron chi connectivity index (χ3n) is 6.89. The third-order valence-corrected chi connectivity index (χ3v) is 6.89. The lowest BCUT2D eigenvalue weighted by atomic mass is 10.0. The molecule has 0 aliphatic carbocycles. The number of fused-ring (bicyclic) bond motifs is 1. The van der Waals surface area contributed by atoms with Gasteiger partial charge in [0.25, 0.3) is 0 Å². The summed E-state index contributed by atoms with van der Waals surface area (Å²) in [6.07, 6.45) is 10.4. The van der Waals surface area contributed by atoms with Gasteiger partial charge in [0.15, 0.2) is 0 Å². The van der Waals surface area contributed by atoms with Crippen molar-refractivity contribution in [3.8, 4) is 28.3 Å². The van der Waals surface area contributed by atoms with Crippen LogP contribution in [0, 0.1) is 11.3 Å². The lowest BCUT2D eigenvalue weighted by Crippen LogP contribution is -2.50. The molecule has 6 rings (SSSR count). The molecule has 10 nitrogen and oxygen atoms in total. The van der Waals surface area contributed by atoms with E-state index in [9.17, 15) is 5.26 Å². The number of anilines is 1. The topological polar surface area (TPSA) is 108 Å². The molecule has 1 unspecified atom stereocenters. The number of aryl methyl sites for hydroxylation is 1. The van der Waals surface area contributed by atoms with E-state index in [1.54, 1.807) is 15.4 Å². The molecule has 2 fully saturated rings. The normalized spacial score (nSPS) is 18.2. The van der Waals surface area contributed by atoms with Crippen LogP contribution in [0.3, 0.4) is 0 Å². The van der Waals surface area contributed by atoms with Crippen molar-refractivity contribution in [2.75, 3.05) is 51.4 Å². The van der Waals surface area contributed by atoms with E-state index in [1.165, 1.54) is 0 Å². The Morgan fingerprint density at radius 3 is 2.47 bits per heavy atom. The van der Waals surface area contributed by atoms with Crippen molar-refractivity contribution in [2.45, 2.75) is 12.5 Å². The second-order valence-electron chi connectivity index (χ2n) is 8.95. The van der Waals surface area contributed by atoms with E-state index in [1.807, 2.05) is 31.8 Å². The molecule has 4 aromatic rings. The van der Waals surface area contributed by atoms with E-state index in [0.717, 1.165) is 86.5 Å². The Morgan fingerprint density at radius 1 is 1.00 bits per heavy atom. The molecule has 0 amide bonds. The Morgan fingerprint density at radius 2 is 1.83 bits per heavy atom. The largest absolute Gasteiger partial charge is 0.400 e. The lowest BCUT2D eigenvalue weighted by molar-refractivity contribution is 0.139. The number of aromatic nitrogens is 5. The quantitative estimate of drug-likeness (QED) is 0.468. The fourth-order valence-corrected chi connectivity index (χ4v) is 5.01. The van der Waals surface area contributed by atoms with Crippen molar-refractivity contribution >= 4 is 11.3 Å². The first-order valence-electron chi connectivity index (χ1n) is 12.1. The van der Waals surface area contributed by atoms with Gasteiger partial charge in [0.1, 0.15) is 11.9 Å². The Hall–Kier alpha value is -3.78. The highest BCUT2D eigenvalue weighted by atomic mass is 16.5. The predicted molar refractivity (Wildman–Crippen MR) is 136 cm³/mol. The van der Waals surface area contributed by atoms with Gasteiger partial charge in [0.05, 0.1) is 30.1 Å². The average Bonchev–Trinajstić information content (AvgIpc) is 3.71. The van der Waals surface area contributed by atoms with E-state index < -0.39 is 0 Å². The molecule has 2 aliphatic rings. The summed E-state index contributed by atoms with van der Waals surface area (Å²) in [6, 6.07) is 9.11. The second kappa shape index (κ2) is 10.5. The number of hydrogen-bond donors (Lipinski definition) is 1. The minimum Gasteiger partial charge on any atom is -0.400 e. The number of rotatable bonds is 4. The zero-order valence-corrected chi connectivity index (χ0v) is 20.6. The minimum absolute atomic E-state index is 0.545. The van der Waals surface area contributed by atoms with Gasteiger partial charge in [-0.2, -0.15) is 15.5 Å². The van der Waals surface area contributed by atoms with E-state index in [2.05, 4.69) is 44.3 Å². The van der Waals surface area contributed by atoms with Crippen molar-refractivity contribution in [2.24, 2.45) is 7.05 Å². The van der Waals surface area contributed by atoms with Crippen molar-refractivity contribution in [1.29, 1.82) is 5.26 Å². The summed E-state index contributed by atoms with van der Waals surface area (Å²) in [5.41, 5.74) is 5.20. The monoisotopic (exact) mass is 486 g/mol. The van der Waals surface area contributed by atoms with Gasteiger partial charge in [-0.1, -0.05) is 0 Å². The lowest BCUT2D eigenvalue weighted by Gasteiger charge is -2.38. The number of nitriles is 1. The van der Waals surface area contributed by atoms with Crippen LogP contribution >= 0.6 is 0 Å². The van der Waals surface area contributed by atoms with Gasteiger partial charge in [-0.05, 0) is 24.6 Å². The molecule has 0 aromatic carbocycles. The predicted octanol–water partition coefficient (Wildman–Crippen LogP) is 2.19. The van der Waals surface area contributed by atoms with Crippen molar-refractivity contribution < 1.29 is 9.84 Å². The molecule has 2 aliphatic heterocycles. The van der Waals surface area contributed by atoms with Crippen LogP contribution in [-0.4, -0.2) is 86.9 Å². The standard InChI is InChI=1S/C25H26N8O.CH4O/c1-30-15-21(14-28-30)19-10-23(25-20(11-26)13-29-33(25)16-19)18-2-3-24(27-12-18)32-7-5-31(6-8-32)22-4-9-34-17-22;1-2/h2-3,10,12-16,22H,4-9,17H2,1H3;2H,1H3. The number of pyridine rings is 2. The number of ether oxygens (including phenoxy) is 1. The number of piperazine rings is 1. The molecule has 0 saturated carbocycles. The number of hydrogen-bond acceptors (Lipinski definition) is 8. The molecule has 186 valence electrons. The van der Waals surface area contributed by atoms with E-state index in [0.29, 0.717) is 11.6 Å². The Balaban J connectivity index is 0.00000130. The maximum atomic E-state index is 9.65. The highest BCUT2D eigenvalue weighted by molar-refractivity contribution is 5.87. The molecule has 36 heavy (non-hydrogen) atoms. The molecule has 0 spiro atoms. The third kappa shape index (κ3) is 4.56. The van der Waals surface area contributed by atoms with Gasteiger partial charge >= 0.3 is 0 Å².